The molecule has 0 amide bonds. The maximum absolute atomic E-state index is 11.7. The summed E-state index contributed by atoms with van der Waals surface area (Å²) in [5, 5.41) is 1.12. The number of benzene rings is 1. The van der Waals surface area contributed by atoms with Crippen molar-refractivity contribution in [1.29, 1.82) is 0 Å². The number of ketones is 1. The van der Waals surface area contributed by atoms with Crippen molar-refractivity contribution in [3.05, 3.63) is 45.2 Å². The van der Waals surface area contributed by atoms with Crippen molar-refractivity contribution >= 4 is 28.3 Å². The lowest BCUT2D eigenvalue weighted by molar-refractivity contribution is 0.101. The van der Waals surface area contributed by atoms with E-state index in [2.05, 4.69) is 0 Å². The fourth-order valence-corrected chi connectivity index (χ4v) is 2.14. The lowest BCUT2D eigenvalue weighted by Crippen LogP contribution is -2.18. The smallest absolute Gasteiger partial charge is 0.252 e. The van der Waals surface area contributed by atoms with Gasteiger partial charge in [0, 0.05) is 23.6 Å². The van der Waals surface area contributed by atoms with E-state index in [4.69, 9.17) is 11.6 Å². The fourth-order valence-electron chi connectivity index (χ4n) is 1.89. The van der Waals surface area contributed by atoms with E-state index in [1.54, 1.807) is 22.8 Å². The summed E-state index contributed by atoms with van der Waals surface area (Å²) in [7, 11) is 0. The predicted molar refractivity (Wildman–Crippen MR) is 68.9 cm³/mol. The van der Waals surface area contributed by atoms with E-state index in [9.17, 15) is 9.59 Å². The highest BCUT2D eigenvalue weighted by Crippen LogP contribution is 2.23. The molecule has 88 valence electrons. The van der Waals surface area contributed by atoms with Crippen molar-refractivity contribution in [2.24, 2.45) is 0 Å². The highest BCUT2D eigenvalue weighted by molar-refractivity contribution is 6.35. The molecule has 0 aliphatic rings. The third kappa shape index (κ3) is 1.98. The first-order valence-electron chi connectivity index (χ1n) is 5.38. The van der Waals surface area contributed by atoms with Crippen LogP contribution < -0.4 is 5.56 Å². The van der Waals surface area contributed by atoms with Crippen LogP contribution in [0.1, 0.15) is 24.2 Å². The molecule has 0 aliphatic carbocycles. The lowest BCUT2D eigenvalue weighted by Gasteiger charge is -2.09. The fraction of sp³-hybridized carbons (Fsp3) is 0.231. The Balaban J connectivity index is 2.88. The predicted octanol–water partition coefficient (Wildman–Crippen LogP) is 2.88. The Bertz CT molecular complexity index is 658. The third-order valence-corrected chi connectivity index (χ3v) is 3.10. The molecule has 1 aromatic heterocycles. The minimum Gasteiger partial charge on any atom is -0.308 e. The Morgan fingerprint density at radius 1 is 1.35 bits per heavy atom. The number of nitrogens with zero attached hydrogens (tertiary/aromatic N) is 1. The van der Waals surface area contributed by atoms with Crippen LogP contribution in [0.25, 0.3) is 10.9 Å². The SMILES string of the molecule is CCn1c(=O)cc(Cl)c2cc(C(C)=O)ccc21. The van der Waals surface area contributed by atoms with E-state index >= 15 is 0 Å². The highest BCUT2D eigenvalue weighted by atomic mass is 35.5. The first-order valence-corrected chi connectivity index (χ1v) is 5.76. The molecule has 0 saturated heterocycles. The van der Waals surface area contributed by atoms with Crippen molar-refractivity contribution in [1.82, 2.24) is 4.57 Å². The number of halogens is 1. The van der Waals surface area contributed by atoms with E-state index in [1.807, 2.05) is 6.92 Å². The van der Waals surface area contributed by atoms with Gasteiger partial charge in [0.05, 0.1) is 10.5 Å². The Labute approximate surface area is 104 Å². The second kappa shape index (κ2) is 4.34. The van der Waals surface area contributed by atoms with Crippen molar-refractivity contribution in [3.8, 4) is 0 Å². The van der Waals surface area contributed by atoms with E-state index in [1.165, 1.54) is 13.0 Å². The Morgan fingerprint density at radius 3 is 2.65 bits per heavy atom. The topological polar surface area (TPSA) is 39.1 Å². The number of Topliss-reactive ketones (excluding diaryl/α,β-unsaturated/α-hetero) is 1. The summed E-state index contributed by atoms with van der Waals surface area (Å²) in [5.74, 6) is -0.0165. The Morgan fingerprint density at radius 2 is 2.06 bits per heavy atom. The molecule has 3 nitrogen and oxygen atoms in total. The molecule has 0 atom stereocenters. The number of aryl methyl sites for hydroxylation is 1. The largest absolute Gasteiger partial charge is 0.308 e. The van der Waals surface area contributed by atoms with Crippen LogP contribution in [0.2, 0.25) is 5.02 Å². The van der Waals surface area contributed by atoms with E-state index in [0.29, 0.717) is 17.1 Å². The number of pyridine rings is 1. The van der Waals surface area contributed by atoms with Gasteiger partial charge in [-0.05, 0) is 32.0 Å². The lowest BCUT2D eigenvalue weighted by atomic mass is 10.1. The molecular formula is C13H12ClNO2. The molecule has 0 radical (unpaired) electrons. The van der Waals surface area contributed by atoms with Gasteiger partial charge in [-0.15, -0.1) is 0 Å². The monoisotopic (exact) mass is 249 g/mol. The van der Waals surface area contributed by atoms with Gasteiger partial charge in [0.15, 0.2) is 5.78 Å². The summed E-state index contributed by atoms with van der Waals surface area (Å²) in [4.78, 5) is 23.0. The zero-order valence-electron chi connectivity index (χ0n) is 9.66. The van der Waals surface area contributed by atoms with Crippen LogP contribution in [0.3, 0.4) is 0 Å². The molecule has 2 aromatic rings. The maximum Gasteiger partial charge on any atom is 0.252 e. The molecular weight excluding hydrogens is 238 g/mol. The zero-order valence-corrected chi connectivity index (χ0v) is 10.4. The van der Waals surface area contributed by atoms with E-state index in [-0.39, 0.29) is 11.3 Å². The molecule has 0 bridgehead atoms. The van der Waals surface area contributed by atoms with Gasteiger partial charge in [-0.2, -0.15) is 0 Å². The van der Waals surface area contributed by atoms with Gasteiger partial charge in [-0.25, -0.2) is 0 Å². The van der Waals surface area contributed by atoms with Crippen molar-refractivity contribution < 1.29 is 4.79 Å². The van der Waals surface area contributed by atoms with Crippen LogP contribution in [-0.4, -0.2) is 10.4 Å². The van der Waals surface area contributed by atoms with Gasteiger partial charge in [0.25, 0.3) is 5.56 Å². The second-order valence-corrected chi connectivity index (χ2v) is 4.27. The number of hydrogen-bond acceptors (Lipinski definition) is 2. The first kappa shape index (κ1) is 11.9. The minimum atomic E-state index is -0.124. The number of fused-ring (bicyclic) bond motifs is 1. The highest BCUT2D eigenvalue weighted by Gasteiger charge is 2.08. The number of carbonyl (C=O) groups is 1. The van der Waals surface area contributed by atoms with E-state index < -0.39 is 0 Å². The van der Waals surface area contributed by atoms with Gasteiger partial charge in [-0.3, -0.25) is 9.59 Å². The normalized spacial score (nSPS) is 10.8. The van der Waals surface area contributed by atoms with Crippen LogP contribution in [0.4, 0.5) is 0 Å². The summed E-state index contributed by atoms with van der Waals surface area (Å²) >= 11 is 6.04. The van der Waals surface area contributed by atoms with Gasteiger partial charge in [-0.1, -0.05) is 11.6 Å². The van der Waals surface area contributed by atoms with Gasteiger partial charge < -0.3 is 4.57 Å². The summed E-state index contributed by atoms with van der Waals surface area (Å²) in [6.45, 7) is 3.98. The first-order chi connectivity index (χ1) is 8.04. The molecule has 0 spiro atoms. The molecule has 0 unspecified atom stereocenters. The summed E-state index contributed by atoms with van der Waals surface area (Å²) in [6.07, 6.45) is 0. The molecule has 17 heavy (non-hydrogen) atoms. The summed E-state index contributed by atoms with van der Waals surface area (Å²) in [6, 6.07) is 6.60. The van der Waals surface area contributed by atoms with Crippen molar-refractivity contribution in [2.75, 3.05) is 0 Å². The molecule has 1 heterocycles. The Hall–Kier alpha value is -1.61. The number of carbonyl (C=O) groups excluding carboxylic acids is 1. The molecule has 0 saturated carbocycles. The maximum atomic E-state index is 11.7. The van der Waals surface area contributed by atoms with Crippen LogP contribution in [0.5, 0.6) is 0 Å². The summed E-state index contributed by atoms with van der Waals surface area (Å²) < 4.78 is 1.63. The quantitative estimate of drug-likeness (QED) is 0.768. The molecule has 1 aromatic carbocycles. The second-order valence-electron chi connectivity index (χ2n) is 3.86. The number of aromatic nitrogens is 1. The van der Waals surface area contributed by atoms with Crippen molar-refractivity contribution in [2.45, 2.75) is 20.4 Å². The molecule has 2 rings (SSSR count). The van der Waals surface area contributed by atoms with Crippen LogP contribution in [0.15, 0.2) is 29.1 Å². The zero-order chi connectivity index (χ0) is 12.6. The minimum absolute atomic E-state index is 0.0165. The van der Waals surface area contributed by atoms with Gasteiger partial charge in [0.2, 0.25) is 0 Å². The molecule has 0 aliphatic heterocycles. The molecule has 4 heteroatoms. The van der Waals surface area contributed by atoms with Crippen LogP contribution in [0, 0.1) is 0 Å². The van der Waals surface area contributed by atoms with Crippen LogP contribution in [-0.2, 0) is 6.54 Å². The van der Waals surface area contributed by atoms with Gasteiger partial charge in [0.1, 0.15) is 0 Å². The van der Waals surface area contributed by atoms with Crippen molar-refractivity contribution in [3.63, 3.8) is 0 Å². The summed E-state index contributed by atoms with van der Waals surface area (Å²) in [5.41, 5.74) is 1.23. The standard InChI is InChI=1S/C13H12ClNO2/c1-3-15-12-5-4-9(8(2)16)6-10(12)11(14)7-13(15)17/h4-7H,3H2,1-2H3. The average molecular weight is 250 g/mol. The van der Waals surface area contributed by atoms with Gasteiger partial charge >= 0.3 is 0 Å². The van der Waals surface area contributed by atoms with E-state index in [0.717, 1.165) is 10.9 Å². The molecule has 0 fully saturated rings. The average Bonchev–Trinajstić information content (AvgIpc) is 2.29. The number of hydrogen-bond donors (Lipinski definition) is 0. The molecule has 0 N–H and O–H groups in total. The van der Waals surface area contributed by atoms with Crippen LogP contribution >= 0.6 is 11.6 Å². The Kier molecular flexibility index (Phi) is 3.03. The third-order valence-electron chi connectivity index (χ3n) is 2.78. The number of rotatable bonds is 2.